The van der Waals surface area contributed by atoms with Crippen LogP contribution in [0, 0.1) is 5.92 Å². The van der Waals surface area contributed by atoms with Crippen LogP contribution in [0.2, 0.25) is 0 Å². The van der Waals surface area contributed by atoms with Crippen molar-refractivity contribution in [1.29, 1.82) is 0 Å². The summed E-state index contributed by atoms with van der Waals surface area (Å²) in [7, 11) is 0. The Bertz CT molecular complexity index is 526. The van der Waals surface area contributed by atoms with E-state index in [2.05, 4.69) is 0 Å². The van der Waals surface area contributed by atoms with E-state index < -0.39 is 55.7 Å². The number of carboxylic acids is 1. The summed E-state index contributed by atoms with van der Waals surface area (Å²) in [5.74, 6) is -3.30. The molecule has 0 radical (unpaired) electrons. The molecule has 0 amide bonds. The lowest BCUT2D eigenvalue weighted by Gasteiger charge is -2.31. The summed E-state index contributed by atoms with van der Waals surface area (Å²) in [5, 5.41) is 20.8. The number of carbonyl (C=O) groups is 2. The molecule has 100 valence electrons. The highest BCUT2D eigenvalue weighted by atomic mass is 16.4. The van der Waals surface area contributed by atoms with Gasteiger partial charge in [0.05, 0.1) is 26.3 Å². The molecule has 0 rings (SSSR count). The van der Waals surface area contributed by atoms with Crippen LogP contribution in [0.3, 0.4) is 0 Å². The second-order valence-electron chi connectivity index (χ2n) is 4.21. The minimum absolute atomic E-state index is 0.265. The van der Waals surface area contributed by atoms with Crippen molar-refractivity contribution in [3.05, 3.63) is 0 Å². The second kappa shape index (κ2) is 6.71. The fraction of sp³-hybridized carbons (Fsp3) is 0.833. The Morgan fingerprint density at radius 1 is 1.47 bits per heavy atom. The van der Waals surface area contributed by atoms with Crippen molar-refractivity contribution in [2.75, 3.05) is 27.0 Å². The maximum absolute atomic E-state index is 12.2. The number of quaternary nitrogens is 1. The van der Waals surface area contributed by atoms with Crippen molar-refractivity contribution in [2.45, 2.75) is 32.8 Å². The van der Waals surface area contributed by atoms with Gasteiger partial charge in [-0.25, -0.2) is 0 Å². The number of hydrogen-bond acceptors (Lipinski definition) is 4. The SMILES string of the molecule is [2H]C([2H])([2H])[N+](CC(=O)CC(C)C)(C([2H])([2H])[2H])C([2H])([2H])[C@]([2H])(O)CC(=O)[O-]. The highest BCUT2D eigenvalue weighted by Crippen LogP contribution is 2.07. The first-order valence-corrected chi connectivity index (χ1v) is 5.05. The number of aliphatic carboxylic acids is 1. The summed E-state index contributed by atoms with van der Waals surface area (Å²) >= 11 is 0. The third-order valence-electron chi connectivity index (χ3n) is 1.68. The smallest absolute Gasteiger partial charge is 0.187 e. The van der Waals surface area contributed by atoms with Gasteiger partial charge in [-0.2, -0.15) is 0 Å². The van der Waals surface area contributed by atoms with Gasteiger partial charge in [0.15, 0.2) is 5.78 Å². The van der Waals surface area contributed by atoms with Gasteiger partial charge in [0.2, 0.25) is 0 Å². The number of carbonyl (C=O) groups excluding carboxylic acids is 2. The zero-order valence-corrected chi connectivity index (χ0v) is 9.82. The fourth-order valence-electron chi connectivity index (χ4n) is 1.22. The van der Waals surface area contributed by atoms with E-state index in [1.54, 1.807) is 13.8 Å². The normalized spacial score (nSPS) is 25.8. The van der Waals surface area contributed by atoms with Gasteiger partial charge in [0.1, 0.15) is 19.1 Å². The van der Waals surface area contributed by atoms with Gasteiger partial charge in [0.25, 0.3) is 0 Å². The molecule has 0 spiro atoms. The summed E-state index contributed by atoms with van der Waals surface area (Å²) in [6.45, 7) is -9.50. The monoisotopic (exact) mass is 254 g/mol. The van der Waals surface area contributed by atoms with Gasteiger partial charge in [-0.15, -0.1) is 0 Å². The summed E-state index contributed by atoms with van der Waals surface area (Å²) in [5.41, 5.74) is 0. The predicted octanol–water partition coefficient (Wildman–Crippen LogP) is -0.821. The molecule has 1 N–H and O–H groups in total. The van der Waals surface area contributed by atoms with Crippen LogP contribution in [0.25, 0.3) is 0 Å². The first kappa shape index (κ1) is 6.29. The summed E-state index contributed by atoms with van der Waals surface area (Å²) in [4.78, 5) is 22.9. The molecule has 0 unspecified atom stereocenters. The van der Waals surface area contributed by atoms with Gasteiger partial charge in [-0.3, -0.25) is 4.79 Å². The molecule has 0 bridgehead atoms. The summed E-state index contributed by atoms with van der Waals surface area (Å²) in [6.07, 6.45) is -5.64. The summed E-state index contributed by atoms with van der Waals surface area (Å²) in [6, 6.07) is 0. The topological polar surface area (TPSA) is 77.4 Å². The molecule has 0 aliphatic rings. The van der Waals surface area contributed by atoms with Crippen LogP contribution < -0.4 is 5.11 Å². The van der Waals surface area contributed by atoms with Gasteiger partial charge < -0.3 is 19.5 Å². The average molecular weight is 254 g/mol. The number of nitrogens with zero attached hydrogens (tertiary/aromatic N) is 1. The Labute approximate surface area is 115 Å². The Hall–Kier alpha value is -0.940. The molecule has 0 aliphatic heterocycles. The molecule has 1 atom stereocenters. The molecule has 0 aromatic carbocycles. The van der Waals surface area contributed by atoms with Crippen LogP contribution in [-0.4, -0.2) is 54.4 Å². The molecule has 0 saturated heterocycles. The van der Waals surface area contributed by atoms with E-state index >= 15 is 0 Å². The van der Waals surface area contributed by atoms with Gasteiger partial charge in [0, 0.05) is 18.8 Å². The fourth-order valence-corrected chi connectivity index (χ4v) is 1.22. The van der Waals surface area contributed by atoms with E-state index in [4.69, 9.17) is 12.3 Å². The molecule has 0 fully saturated rings. The maximum Gasteiger partial charge on any atom is 0.187 e. The Morgan fingerprint density at radius 2 is 2.06 bits per heavy atom. The third kappa shape index (κ3) is 8.83. The largest absolute Gasteiger partial charge is 0.550 e. The molecule has 0 heterocycles. The molecule has 0 saturated carbocycles. The van der Waals surface area contributed by atoms with Crippen LogP contribution in [0.5, 0.6) is 0 Å². The van der Waals surface area contributed by atoms with E-state index in [0.717, 1.165) is 0 Å². The van der Waals surface area contributed by atoms with Crippen molar-refractivity contribution in [2.24, 2.45) is 5.92 Å². The lowest BCUT2D eigenvalue weighted by Crippen LogP contribution is -2.49. The number of hydrogen-bond donors (Lipinski definition) is 1. The number of carboxylic acid groups (broad SMARTS) is 1. The third-order valence-corrected chi connectivity index (χ3v) is 1.68. The van der Waals surface area contributed by atoms with Crippen LogP contribution in [0.1, 0.15) is 39.0 Å². The molecular formula is C12H23NO4. The van der Waals surface area contributed by atoms with Gasteiger partial charge in [-0.05, 0) is 5.92 Å². The van der Waals surface area contributed by atoms with Crippen LogP contribution in [0.4, 0.5) is 0 Å². The minimum atomic E-state index is -3.88. The van der Waals surface area contributed by atoms with E-state index in [9.17, 15) is 19.8 Å². The Morgan fingerprint density at radius 3 is 2.47 bits per heavy atom. The molecule has 0 aliphatic carbocycles. The zero-order chi connectivity index (χ0) is 21.4. The first-order chi connectivity index (χ1) is 11.2. The van der Waals surface area contributed by atoms with Crippen LogP contribution >= 0.6 is 0 Å². The van der Waals surface area contributed by atoms with E-state index in [-0.39, 0.29) is 12.3 Å². The van der Waals surface area contributed by atoms with Crippen molar-refractivity contribution >= 4 is 11.8 Å². The average Bonchev–Trinajstić information content (AvgIpc) is 2.29. The highest BCUT2D eigenvalue weighted by Gasteiger charge is 2.24. The lowest BCUT2D eigenvalue weighted by molar-refractivity contribution is -0.885. The standard InChI is InChI=1S/C12H23NO4/c1-9(2)5-10(14)7-13(3,4)8-11(15)6-12(16)17/h9,11,15H,5-8H2,1-4H3/t11-/m1/s1/i3D3,4D3,8D2,11D. The van der Waals surface area contributed by atoms with Crippen molar-refractivity contribution < 1.29 is 36.6 Å². The highest BCUT2D eigenvalue weighted by molar-refractivity contribution is 5.79. The van der Waals surface area contributed by atoms with E-state index in [1.165, 1.54) is 0 Å². The number of ketones is 1. The Balaban J connectivity index is 6.64. The first-order valence-electron chi connectivity index (χ1n) is 9.55. The molecular weight excluding hydrogens is 222 g/mol. The van der Waals surface area contributed by atoms with Crippen molar-refractivity contribution in [3.63, 3.8) is 0 Å². The second-order valence-corrected chi connectivity index (χ2v) is 4.21. The number of rotatable bonds is 8. The number of Topliss-reactive ketones (excluding diaryl/α,β-unsaturated/α-hetero) is 1. The van der Waals surface area contributed by atoms with Gasteiger partial charge >= 0.3 is 0 Å². The number of likely N-dealkylation sites (N-methyl/N-ethyl adjacent to an activating group) is 1. The predicted molar refractivity (Wildman–Crippen MR) is 61.9 cm³/mol. The maximum atomic E-state index is 12.2. The Kier molecular flexibility index (Phi) is 2.48. The van der Waals surface area contributed by atoms with Crippen molar-refractivity contribution in [1.82, 2.24) is 0 Å². The van der Waals surface area contributed by atoms with Crippen LogP contribution in [-0.2, 0) is 9.59 Å². The van der Waals surface area contributed by atoms with Crippen LogP contribution in [0.15, 0.2) is 0 Å². The number of aliphatic hydroxyl groups is 1. The lowest BCUT2D eigenvalue weighted by atomic mass is 10.1. The van der Waals surface area contributed by atoms with E-state index in [0.29, 0.717) is 0 Å². The molecule has 5 heteroatoms. The van der Waals surface area contributed by atoms with E-state index in [1.807, 2.05) is 0 Å². The van der Waals surface area contributed by atoms with Crippen molar-refractivity contribution in [3.8, 4) is 0 Å². The molecule has 0 aromatic rings. The zero-order valence-electron chi connectivity index (χ0n) is 18.8. The molecule has 0 aromatic heterocycles. The van der Waals surface area contributed by atoms with Gasteiger partial charge in [-0.1, -0.05) is 13.8 Å². The summed E-state index contributed by atoms with van der Waals surface area (Å²) < 4.78 is 66.4. The molecule has 17 heavy (non-hydrogen) atoms. The molecule has 5 nitrogen and oxygen atoms in total. The minimum Gasteiger partial charge on any atom is -0.550 e. The quantitative estimate of drug-likeness (QED) is 0.574.